The Kier molecular flexibility index (Phi) is 8.32. The van der Waals surface area contributed by atoms with E-state index in [9.17, 15) is 26.3 Å². The Morgan fingerprint density at radius 3 is 2.36 bits per heavy atom. The van der Waals surface area contributed by atoms with Crippen LogP contribution in [-0.4, -0.2) is 13.3 Å². The molecule has 1 aliphatic carbocycles. The Morgan fingerprint density at radius 1 is 1.00 bits per heavy atom. The molecule has 0 atom stereocenters. The highest BCUT2D eigenvalue weighted by atomic mass is 19.3. The van der Waals surface area contributed by atoms with Gasteiger partial charge in [0.25, 0.3) is 0 Å². The third-order valence-electron chi connectivity index (χ3n) is 5.77. The van der Waals surface area contributed by atoms with E-state index in [1.54, 1.807) is 6.92 Å². The average molecular weight is 472 g/mol. The molecule has 0 bridgehead atoms. The Bertz CT molecular complexity index is 968. The van der Waals surface area contributed by atoms with Crippen LogP contribution in [0, 0.1) is 23.4 Å². The molecule has 0 unspecified atom stereocenters. The summed E-state index contributed by atoms with van der Waals surface area (Å²) in [6.07, 6.45) is 3.05. The maximum Gasteiger partial charge on any atom is 0.429 e. The Hall–Kier alpha value is -2.64. The van der Waals surface area contributed by atoms with Crippen molar-refractivity contribution in [1.82, 2.24) is 0 Å². The molecule has 0 heterocycles. The Balaban J connectivity index is 1.70. The standard InChI is InChI=1S/C25H26F6O2/c1-2-32-22-13-12-20(23(28)24(22)29)25(30,31)33-18-10-11-19(21(27)15-18)17-8-6-16(7-9-17)5-3-4-14-26/h3,5,10-13,15-17H,2,4,6-9,14H2,1H3/b5-3+. The van der Waals surface area contributed by atoms with Gasteiger partial charge in [0, 0.05) is 6.07 Å². The fourth-order valence-electron chi connectivity index (χ4n) is 4.10. The molecule has 0 amide bonds. The first-order chi connectivity index (χ1) is 15.8. The topological polar surface area (TPSA) is 18.5 Å². The van der Waals surface area contributed by atoms with Crippen molar-refractivity contribution in [2.75, 3.05) is 13.3 Å². The number of hydrogen-bond acceptors (Lipinski definition) is 2. The molecule has 0 aliphatic heterocycles. The normalized spacial score (nSPS) is 19.1. The van der Waals surface area contributed by atoms with Crippen molar-refractivity contribution in [3.63, 3.8) is 0 Å². The van der Waals surface area contributed by atoms with Crippen LogP contribution in [0.5, 0.6) is 11.5 Å². The summed E-state index contributed by atoms with van der Waals surface area (Å²) >= 11 is 0. The fraction of sp³-hybridized carbons (Fsp3) is 0.440. The van der Waals surface area contributed by atoms with E-state index in [-0.39, 0.29) is 12.5 Å². The van der Waals surface area contributed by atoms with Gasteiger partial charge in [-0.3, -0.25) is 4.39 Å². The average Bonchev–Trinajstić information content (AvgIpc) is 2.77. The third kappa shape index (κ3) is 6.03. The molecule has 2 nitrogen and oxygen atoms in total. The van der Waals surface area contributed by atoms with E-state index in [0.29, 0.717) is 36.8 Å². The van der Waals surface area contributed by atoms with E-state index in [1.165, 1.54) is 12.1 Å². The summed E-state index contributed by atoms with van der Waals surface area (Å²) in [6.45, 7) is 1.18. The summed E-state index contributed by atoms with van der Waals surface area (Å²) in [5.74, 6) is -4.77. The van der Waals surface area contributed by atoms with Crippen molar-refractivity contribution >= 4 is 0 Å². The van der Waals surface area contributed by atoms with Crippen molar-refractivity contribution in [1.29, 1.82) is 0 Å². The van der Waals surface area contributed by atoms with Gasteiger partial charge in [-0.2, -0.15) is 13.2 Å². The molecular weight excluding hydrogens is 446 g/mol. The number of alkyl halides is 3. The number of allylic oxidation sites excluding steroid dienone is 2. The molecule has 0 N–H and O–H groups in total. The van der Waals surface area contributed by atoms with Crippen LogP contribution in [0.15, 0.2) is 42.5 Å². The lowest BCUT2D eigenvalue weighted by Crippen LogP contribution is -2.24. The predicted octanol–water partition coefficient (Wildman–Crippen LogP) is 7.82. The van der Waals surface area contributed by atoms with E-state index < -0.39 is 47.3 Å². The van der Waals surface area contributed by atoms with Crippen LogP contribution >= 0.6 is 0 Å². The molecule has 2 aromatic carbocycles. The van der Waals surface area contributed by atoms with Gasteiger partial charge < -0.3 is 9.47 Å². The lowest BCUT2D eigenvalue weighted by molar-refractivity contribution is -0.187. The highest BCUT2D eigenvalue weighted by Crippen LogP contribution is 2.40. The van der Waals surface area contributed by atoms with Gasteiger partial charge >= 0.3 is 6.11 Å². The molecule has 33 heavy (non-hydrogen) atoms. The summed E-state index contributed by atoms with van der Waals surface area (Å²) < 4.78 is 93.6. The second-order valence-corrected chi connectivity index (χ2v) is 7.99. The van der Waals surface area contributed by atoms with Gasteiger partial charge in [-0.1, -0.05) is 18.2 Å². The van der Waals surface area contributed by atoms with Crippen molar-refractivity contribution in [3.8, 4) is 11.5 Å². The Morgan fingerprint density at radius 2 is 1.73 bits per heavy atom. The minimum atomic E-state index is -4.23. The van der Waals surface area contributed by atoms with Crippen LogP contribution in [0.25, 0.3) is 0 Å². The first-order valence-electron chi connectivity index (χ1n) is 11.0. The molecular formula is C25H26F6O2. The molecule has 180 valence electrons. The van der Waals surface area contributed by atoms with Gasteiger partial charge in [-0.05, 0) is 74.6 Å². The number of ether oxygens (including phenoxy) is 2. The molecule has 0 aromatic heterocycles. The van der Waals surface area contributed by atoms with Gasteiger partial charge in [0.2, 0.25) is 5.82 Å². The predicted molar refractivity (Wildman–Crippen MR) is 113 cm³/mol. The third-order valence-corrected chi connectivity index (χ3v) is 5.77. The number of benzene rings is 2. The summed E-state index contributed by atoms with van der Waals surface area (Å²) in [6, 6.07) is 4.98. The minimum Gasteiger partial charge on any atom is -0.491 e. The zero-order valence-corrected chi connectivity index (χ0v) is 18.2. The molecule has 8 heteroatoms. The quantitative estimate of drug-likeness (QED) is 0.274. The number of hydrogen-bond donors (Lipinski definition) is 0. The molecule has 1 fully saturated rings. The van der Waals surface area contributed by atoms with E-state index in [2.05, 4.69) is 4.74 Å². The van der Waals surface area contributed by atoms with E-state index in [4.69, 9.17) is 4.74 Å². The van der Waals surface area contributed by atoms with E-state index >= 15 is 0 Å². The smallest absolute Gasteiger partial charge is 0.429 e. The fourth-order valence-corrected chi connectivity index (χ4v) is 4.10. The summed E-state index contributed by atoms with van der Waals surface area (Å²) in [5.41, 5.74) is -0.915. The molecule has 3 rings (SSSR count). The monoisotopic (exact) mass is 472 g/mol. The first kappa shape index (κ1) is 25.0. The number of rotatable bonds is 9. The molecule has 0 radical (unpaired) electrons. The largest absolute Gasteiger partial charge is 0.491 e. The van der Waals surface area contributed by atoms with Crippen LogP contribution in [-0.2, 0) is 6.11 Å². The highest BCUT2D eigenvalue weighted by molar-refractivity contribution is 5.35. The zero-order valence-electron chi connectivity index (χ0n) is 18.2. The Labute approximate surface area is 189 Å². The van der Waals surface area contributed by atoms with E-state index in [1.807, 2.05) is 12.2 Å². The van der Waals surface area contributed by atoms with Gasteiger partial charge in [-0.25, -0.2) is 8.78 Å². The lowest BCUT2D eigenvalue weighted by atomic mass is 9.78. The molecule has 2 aromatic rings. The molecule has 1 aliphatic rings. The maximum absolute atomic E-state index is 14.7. The van der Waals surface area contributed by atoms with Crippen LogP contribution in [0.2, 0.25) is 0 Å². The van der Waals surface area contributed by atoms with E-state index in [0.717, 1.165) is 25.0 Å². The zero-order chi connectivity index (χ0) is 24.0. The minimum absolute atomic E-state index is 0.0335. The van der Waals surface area contributed by atoms with Crippen molar-refractivity contribution in [3.05, 3.63) is 71.1 Å². The summed E-state index contributed by atoms with van der Waals surface area (Å²) in [4.78, 5) is 0. The molecule has 0 spiro atoms. The summed E-state index contributed by atoms with van der Waals surface area (Å²) in [5, 5.41) is 0. The van der Waals surface area contributed by atoms with Crippen LogP contribution in [0.1, 0.15) is 56.1 Å². The van der Waals surface area contributed by atoms with Crippen LogP contribution < -0.4 is 9.47 Å². The highest BCUT2D eigenvalue weighted by Gasteiger charge is 2.40. The van der Waals surface area contributed by atoms with Gasteiger partial charge in [0.1, 0.15) is 17.1 Å². The number of halogens is 6. The first-order valence-corrected chi connectivity index (χ1v) is 11.0. The van der Waals surface area contributed by atoms with Crippen LogP contribution in [0.4, 0.5) is 26.3 Å². The maximum atomic E-state index is 14.7. The van der Waals surface area contributed by atoms with Crippen LogP contribution in [0.3, 0.4) is 0 Å². The van der Waals surface area contributed by atoms with Crippen molar-refractivity contribution in [2.24, 2.45) is 5.92 Å². The van der Waals surface area contributed by atoms with Gasteiger partial charge in [0.05, 0.1) is 13.3 Å². The molecule has 1 saturated carbocycles. The van der Waals surface area contributed by atoms with Gasteiger partial charge in [0.15, 0.2) is 11.6 Å². The van der Waals surface area contributed by atoms with Gasteiger partial charge in [-0.15, -0.1) is 0 Å². The van der Waals surface area contributed by atoms with Crippen molar-refractivity contribution < 1.29 is 35.8 Å². The van der Waals surface area contributed by atoms with Crippen molar-refractivity contribution in [2.45, 2.75) is 51.1 Å². The SMILES string of the molecule is CCOc1ccc(C(F)(F)Oc2ccc(C3CCC(/C=C/CCF)CC3)c(F)c2)c(F)c1F. The second-order valence-electron chi connectivity index (χ2n) is 7.99. The molecule has 0 saturated heterocycles. The lowest BCUT2D eigenvalue weighted by Gasteiger charge is -2.27. The second kappa shape index (κ2) is 11.0. The summed E-state index contributed by atoms with van der Waals surface area (Å²) in [7, 11) is 0.